The molecule has 2 amide bonds. The Balaban J connectivity index is 2.05. The predicted molar refractivity (Wildman–Crippen MR) is 98.6 cm³/mol. The summed E-state index contributed by atoms with van der Waals surface area (Å²) in [5.74, 6) is -0.581. The summed E-state index contributed by atoms with van der Waals surface area (Å²) in [6, 6.07) is 16.4. The number of carbonyl (C=O) groups excluding carboxylic acids is 2. The topological polar surface area (TPSA) is 71.1 Å². The summed E-state index contributed by atoms with van der Waals surface area (Å²) >= 11 is 5.94. The third-order valence-electron chi connectivity index (χ3n) is 3.79. The molecule has 126 valence electrons. The van der Waals surface area contributed by atoms with Gasteiger partial charge >= 0.3 is 0 Å². The molecule has 0 fully saturated rings. The molecule has 2 N–H and O–H groups in total. The van der Waals surface area contributed by atoms with Gasteiger partial charge in [-0.3, -0.25) is 9.59 Å². The van der Waals surface area contributed by atoms with Crippen LogP contribution in [0.3, 0.4) is 0 Å². The molecule has 0 saturated carbocycles. The van der Waals surface area contributed by atoms with Gasteiger partial charge in [-0.1, -0.05) is 41.9 Å². The first-order valence-electron chi connectivity index (χ1n) is 7.73. The van der Waals surface area contributed by atoms with Gasteiger partial charge in [-0.25, -0.2) is 4.98 Å². The van der Waals surface area contributed by atoms with Crippen molar-refractivity contribution in [2.24, 2.45) is 0 Å². The van der Waals surface area contributed by atoms with Crippen molar-refractivity contribution in [3.63, 3.8) is 0 Å². The van der Waals surface area contributed by atoms with Crippen LogP contribution in [0.5, 0.6) is 0 Å². The minimum Gasteiger partial charge on any atom is -0.358 e. The van der Waals surface area contributed by atoms with Crippen molar-refractivity contribution in [3.8, 4) is 11.3 Å². The van der Waals surface area contributed by atoms with E-state index in [2.05, 4.69) is 15.6 Å². The van der Waals surface area contributed by atoms with Gasteiger partial charge in [0.15, 0.2) is 0 Å². The lowest BCUT2D eigenvalue weighted by molar-refractivity contribution is -0.119. The van der Waals surface area contributed by atoms with Crippen LogP contribution >= 0.6 is 11.6 Å². The second-order valence-electron chi connectivity index (χ2n) is 5.43. The fourth-order valence-corrected chi connectivity index (χ4v) is 2.60. The summed E-state index contributed by atoms with van der Waals surface area (Å²) in [5.41, 5.74) is 2.70. The molecule has 0 spiro atoms. The molecule has 1 heterocycles. The van der Waals surface area contributed by atoms with Gasteiger partial charge < -0.3 is 10.6 Å². The summed E-state index contributed by atoms with van der Waals surface area (Å²) in [5, 5.41) is 6.47. The molecule has 0 bridgehead atoms. The van der Waals surface area contributed by atoms with E-state index in [0.29, 0.717) is 21.8 Å². The highest BCUT2D eigenvalue weighted by molar-refractivity contribution is 6.30. The van der Waals surface area contributed by atoms with E-state index in [-0.39, 0.29) is 18.4 Å². The van der Waals surface area contributed by atoms with E-state index in [1.165, 1.54) is 7.05 Å². The molecule has 0 aliphatic heterocycles. The lowest BCUT2D eigenvalue weighted by Gasteiger charge is -2.10. The van der Waals surface area contributed by atoms with Crippen LogP contribution in [-0.4, -0.2) is 30.4 Å². The van der Waals surface area contributed by atoms with E-state index in [4.69, 9.17) is 11.6 Å². The van der Waals surface area contributed by atoms with Crippen molar-refractivity contribution in [2.75, 3.05) is 13.6 Å². The highest BCUT2D eigenvalue weighted by Crippen LogP contribution is 2.25. The lowest BCUT2D eigenvalue weighted by Crippen LogP contribution is -2.35. The maximum absolute atomic E-state index is 12.6. The maximum Gasteiger partial charge on any atom is 0.252 e. The van der Waals surface area contributed by atoms with Gasteiger partial charge in [-0.2, -0.15) is 0 Å². The first-order valence-corrected chi connectivity index (χ1v) is 8.11. The average Bonchev–Trinajstić information content (AvgIpc) is 2.65. The highest BCUT2D eigenvalue weighted by atomic mass is 35.5. The molecular formula is C19H16ClN3O2. The molecule has 2 aromatic carbocycles. The molecule has 0 aliphatic rings. The lowest BCUT2D eigenvalue weighted by atomic mass is 10.0. The first-order chi connectivity index (χ1) is 12.1. The van der Waals surface area contributed by atoms with Gasteiger partial charge in [0, 0.05) is 23.0 Å². The summed E-state index contributed by atoms with van der Waals surface area (Å²) in [6.07, 6.45) is 0. The minimum absolute atomic E-state index is 0.0811. The van der Waals surface area contributed by atoms with Crippen LogP contribution in [0.2, 0.25) is 5.02 Å². The Morgan fingerprint density at radius 3 is 2.52 bits per heavy atom. The van der Waals surface area contributed by atoms with Crippen LogP contribution in [-0.2, 0) is 4.79 Å². The Morgan fingerprint density at radius 1 is 1.08 bits per heavy atom. The number of fused-ring (bicyclic) bond motifs is 1. The number of nitrogens with one attached hydrogen (secondary N) is 2. The van der Waals surface area contributed by atoms with Crippen LogP contribution in [0.4, 0.5) is 0 Å². The van der Waals surface area contributed by atoms with Crippen molar-refractivity contribution in [1.82, 2.24) is 15.6 Å². The van der Waals surface area contributed by atoms with Crippen LogP contribution in [0.1, 0.15) is 10.4 Å². The number of pyridine rings is 1. The fraction of sp³-hybridized carbons (Fsp3) is 0.105. The number of aromatic nitrogens is 1. The SMILES string of the molecule is CNC(=O)CNC(=O)c1cc(-c2ccc(Cl)cc2)nc2ccccc12. The molecule has 25 heavy (non-hydrogen) atoms. The zero-order valence-corrected chi connectivity index (χ0v) is 14.3. The number of amides is 2. The fourth-order valence-electron chi connectivity index (χ4n) is 2.48. The standard InChI is InChI=1S/C19H16ClN3O2/c1-21-18(24)11-22-19(25)15-10-17(12-6-8-13(20)9-7-12)23-16-5-3-2-4-14(15)16/h2-10H,11H2,1H3,(H,21,24)(H,22,25). The van der Waals surface area contributed by atoms with Crippen molar-refractivity contribution < 1.29 is 9.59 Å². The molecule has 5 nitrogen and oxygen atoms in total. The largest absolute Gasteiger partial charge is 0.358 e. The Bertz CT molecular complexity index is 939. The second-order valence-corrected chi connectivity index (χ2v) is 5.87. The smallest absolute Gasteiger partial charge is 0.252 e. The molecule has 0 aliphatic carbocycles. The Morgan fingerprint density at radius 2 is 1.80 bits per heavy atom. The van der Waals surface area contributed by atoms with Crippen LogP contribution < -0.4 is 10.6 Å². The quantitative estimate of drug-likeness (QED) is 0.757. The van der Waals surface area contributed by atoms with Gasteiger partial charge in [0.1, 0.15) is 0 Å². The summed E-state index contributed by atoms with van der Waals surface area (Å²) in [4.78, 5) is 28.6. The van der Waals surface area contributed by atoms with Gasteiger partial charge in [-0.15, -0.1) is 0 Å². The second kappa shape index (κ2) is 7.32. The van der Waals surface area contributed by atoms with Gasteiger partial charge in [0.05, 0.1) is 23.3 Å². The maximum atomic E-state index is 12.6. The molecule has 0 radical (unpaired) electrons. The van der Waals surface area contributed by atoms with Crippen molar-refractivity contribution >= 4 is 34.3 Å². The third kappa shape index (κ3) is 3.78. The van der Waals surface area contributed by atoms with Crippen LogP contribution in [0.15, 0.2) is 54.6 Å². The van der Waals surface area contributed by atoms with E-state index in [0.717, 1.165) is 10.9 Å². The van der Waals surface area contributed by atoms with Gasteiger partial charge in [0.25, 0.3) is 5.91 Å². The Kier molecular flexibility index (Phi) is 4.95. The molecular weight excluding hydrogens is 338 g/mol. The zero-order chi connectivity index (χ0) is 17.8. The highest BCUT2D eigenvalue weighted by Gasteiger charge is 2.14. The van der Waals surface area contributed by atoms with E-state index < -0.39 is 0 Å². The van der Waals surface area contributed by atoms with Gasteiger partial charge in [-0.05, 0) is 24.3 Å². The number of nitrogens with zero attached hydrogens (tertiary/aromatic N) is 1. The Hall–Kier alpha value is -2.92. The minimum atomic E-state index is -0.322. The predicted octanol–water partition coefficient (Wildman–Crippen LogP) is 3.03. The summed E-state index contributed by atoms with van der Waals surface area (Å²) in [6.45, 7) is -0.0811. The van der Waals surface area contributed by atoms with Crippen LogP contribution in [0, 0.1) is 0 Å². The zero-order valence-electron chi connectivity index (χ0n) is 13.5. The number of para-hydroxylation sites is 1. The number of hydrogen-bond acceptors (Lipinski definition) is 3. The number of halogens is 1. The van der Waals surface area contributed by atoms with Crippen molar-refractivity contribution in [1.29, 1.82) is 0 Å². The number of likely N-dealkylation sites (N-methyl/N-ethyl adjacent to an activating group) is 1. The van der Waals surface area contributed by atoms with E-state index in [1.807, 2.05) is 36.4 Å². The molecule has 0 unspecified atom stereocenters. The van der Waals surface area contributed by atoms with Crippen LogP contribution in [0.25, 0.3) is 22.2 Å². The summed E-state index contributed by atoms with van der Waals surface area (Å²) < 4.78 is 0. The normalized spacial score (nSPS) is 10.5. The number of benzene rings is 2. The van der Waals surface area contributed by atoms with E-state index in [9.17, 15) is 9.59 Å². The number of hydrogen-bond donors (Lipinski definition) is 2. The number of carbonyl (C=O) groups is 2. The molecule has 0 saturated heterocycles. The van der Waals surface area contributed by atoms with E-state index in [1.54, 1.807) is 18.2 Å². The van der Waals surface area contributed by atoms with Crippen molar-refractivity contribution in [3.05, 3.63) is 65.2 Å². The molecule has 1 aromatic heterocycles. The first kappa shape index (κ1) is 16.9. The molecule has 3 aromatic rings. The molecule has 3 rings (SSSR count). The third-order valence-corrected chi connectivity index (χ3v) is 4.04. The number of rotatable bonds is 4. The molecule has 0 atom stereocenters. The Labute approximate surface area is 150 Å². The molecule has 6 heteroatoms. The van der Waals surface area contributed by atoms with Gasteiger partial charge in [0.2, 0.25) is 5.91 Å². The average molecular weight is 354 g/mol. The summed E-state index contributed by atoms with van der Waals surface area (Å²) in [7, 11) is 1.52. The van der Waals surface area contributed by atoms with E-state index >= 15 is 0 Å². The van der Waals surface area contributed by atoms with Crippen molar-refractivity contribution in [2.45, 2.75) is 0 Å². The monoisotopic (exact) mass is 353 g/mol.